The largest absolute Gasteiger partial charge is 0.467 e. The SMILES string of the molecule is COC(=O)[C@@H](NC(=O)OC(C)(C)C)C1CCNCC1. The number of alkyl carbamates (subject to hydrolysis) is 1. The maximum atomic E-state index is 11.8. The summed E-state index contributed by atoms with van der Waals surface area (Å²) in [4.78, 5) is 23.6. The lowest BCUT2D eigenvalue weighted by molar-refractivity contribution is -0.145. The Morgan fingerprint density at radius 1 is 1.26 bits per heavy atom. The Morgan fingerprint density at radius 2 is 1.84 bits per heavy atom. The maximum absolute atomic E-state index is 11.8. The summed E-state index contributed by atoms with van der Waals surface area (Å²) in [6.07, 6.45) is 1.08. The topological polar surface area (TPSA) is 76.7 Å². The Balaban J connectivity index is 2.64. The molecule has 0 aromatic rings. The second kappa shape index (κ2) is 6.75. The summed E-state index contributed by atoms with van der Waals surface area (Å²) in [5.74, 6) is -0.334. The minimum atomic E-state index is -0.637. The van der Waals surface area contributed by atoms with Crippen LogP contribution >= 0.6 is 0 Å². The molecular weight excluding hydrogens is 248 g/mol. The standard InChI is InChI=1S/C13H24N2O4/c1-13(2,3)19-12(17)15-10(11(16)18-4)9-5-7-14-8-6-9/h9-10,14H,5-8H2,1-4H3,(H,15,17)/t10-/m0/s1. The Bertz CT molecular complexity index is 319. The highest BCUT2D eigenvalue weighted by Gasteiger charge is 2.32. The number of nitrogens with one attached hydrogen (secondary N) is 2. The van der Waals surface area contributed by atoms with Gasteiger partial charge in [-0.1, -0.05) is 0 Å². The molecule has 6 heteroatoms. The first kappa shape index (κ1) is 15.8. The van der Waals surface area contributed by atoms with E-state index in [1.54, 1.807) is 20.8 Å². The van der Waals surface area contributed by atoms with Crippen LogP contribution in [0.15, 0.2) is 0 Å². The zero-order valence-corrected chi connectivity index (χ0v) is 12.1. The Morgan fingerprint density at radius 3 is 2.32 bits per heavy atom. The van der Waals surface area contributed by atoms with E-state index in [-0.39, 0.29) is 5.92 Å². The van der Waals surface area contributed by atoms with Crippen LogP contribution in [0.25, 0.3) is 0 Å². The number of hydrogen-bond acceptors (Lipinski definition) is 5. The van der Waals surface area contributed by atoms with E-state index < -0.39 is 23.7 Å². The summed E-state index contributed by atoms with van der Waals surface area (Å²) in [5.41, 5.74) is -0.584. The molecule has 19 heavy (non-hydrogen) atoms. The van der Waals surface area contributed by atoms with Gasteiger partial charge in [0, 0.05) is 0 Å². The molecule has 110 valence electrons. The van der Waals surface area contributed by atoms with Gasteiger partial charge in [0.15, 0.2) is 0 Å². The van der Waals surface area contributed by atoms with Crippen molar-refractivity contribution in [2.24, 2.45) is 5.92 Å². The van der Waals surface area contributed by atoms with Gasteiger partial charge in [-0.05, 0) is 52.6 Å². The lowest BCUT2D eigenvalue weighted by Gasteiger charge is -2.30. The van der Waals surface area contributed by atoms with Crippen molar-refractivity contribution in [3.63, 3.8) is 0 Å². The lowest BCUT2D eigenvalue weighted by atomic mass is 9.90. The van der Waals surface area contributed by atoms with Crippen LogP contribution in [0.5, 0.6) is 0 Å². The lowest BCUT2D eigenvalue weighted by Crippen LogP contribution is -2.50. The van der Waals surface area contributed by atoms with E-state index in [1.807, 2.05) is 0 Å². The van der Waals surface area contributed by atoms with Gasteiger partial charge in [-0.25, -0.2) is 9.59 Å². The van der Waals surface area contributed by atoms with Gasteiger partial charge in [-0.3, -0.25) is 0 Å². The molecule has 0 bridgehead atoms. The molecule has 1 atom stereocenters. The maximum Gasteiger partial charge on any atom is 0.408 e. The fraction of sp³-hybridized carbons (Fsp3) is 0.846. The zero-order valence-electron chi connectivity index (χ0n) is 12.1. The summed E-state index contributed by atoms with van der Waals surface area (Å²) < 4.78 is 9.95. The van der Waals surface area contributed by atoms with Crippen molar-refractivity contribution in [3.8, 4) is 0 Å². The molecule has 2 N–H and O–H groups in total. The monoisotopic (exact) mass is 272 g/mol. The van der Waals surface area contributed by atoms with Gasteiger partial charge in [0.25, 0.3) is 0 Å². The second-order valence-corrected chi connectivity index (χ2v) is 5.73. The minimum absolute atomic E-state index is 0.0845. The average Bonchev–Trinajstić information content (AvgIpc) is 2.34. The molecular formula is C13H24N2O4. The third-order valence-corrected chi connectivity index (χ3v) is 2.98. The van der Waals surface area contributed by atoms with Gasteiger partial charge in [-0.2, -0.15) is 0 Å². The van der Waals surface area contributed by atoms with Gasteiger partial charge in [0.2, 0.25) is 0 Å². The number of hydrogen-bond donors (Lipinski definition) is 2. The minimum Gasteiger partial charge on any atom is -0.467 e. The van der Waals surface area contributed by atoms with Crippen LogP contribution in [0.4, 0.5) is 4.79 Å². The highest BCUT2D eigenvalue weighted by Crippen LogP contribution is 2.18. The molecule has 0 radical (unpaired) electrons. The van der Waals surface area contributed by atoms with Gasteiger partial charge >= 0.3 is 12.1 Å². The normalized spacial score (nSPS) is 18.5. The summed E-state index contributed by atoms with van der Waals surface area (Å²) in [6.45, 7) is 7.03. The fourth-order valence-corrected chi connectivity index (χ4v) is 2.11. The van der Waals surface area contributed by atoms with E-state index in [4.69, 9.17) is 9.47 Å². The van der Waals surface area contributed by atoms with E-state index in [1.165, 1.54) is 7.11 Å². The number of piperidine rings is 1. The van der Waals surface area contributed by atoms with Crippen LogP contribution in [-0.4, -0.2) is 43.9 Å². The van der Waals surface area contributed by atoms with Crippen molar-refractivity contribution < 1.29 is 19.1 Å². The van der Waals surface area contributed by atoms with Crippen LogP contribution in [0, 0.1) is 5.92 Å². The summed E-state index contributed by atoms with van der Waals surface area (Å²) >= 11 is 0. The molecule has 1 rings (SSSR count). The van der Waals surface area contributed by atoms with E-state index in [2.05, 4.69) is 10.6 Å². The molecule has 6 nitrogen and oxygen atoms in total. The van der Waals surface area contributed by atoms with Crippen molar-refractivity contribution in [1.82, 2.24) is 10.6 Å². The summed E-state index contributed by atoms with van der Waals surface area (Å²) in [6, 6.07) is -0.637. The van der Waals surface area contributed by atoms with Crippen molar-refractivity contribution in [1.29, 1.82) is 0 Å². The van der Waals surface area contributed by atoms with Gasteiger partial charge in [0.1, 0.15) is 11.6 Å². The third-order valence-electron chi connectivity index (χ3n) is 2.98. The molecule has 0 aromatic heterocycles. The van der Waals surface area contributed by atoms with Crippen LogP contribution in [-0.2, 0) is 14.3 Å². The predicted molar refractivity (Wildman–Crippen MR) is 70.8 cm³/mol. The first-order valence-corrected chi connectivity index (χ1v) is 6.61. The first-order chi connectivity index (χ1) is 8.83. The Hall–Kier alpha value is -1.30. The summed E-state index contributed by atoms with van der Waals surface area (Å²) in [5, 5.41) is 5.85. The van der Waals surface area contributed by atoms with Crippen molar-refractivity contribution in [3.05, 3.63) is 0 Å². The quantitative estimate of drug-likeness (QED) is 0.751. The van der Waals surface area contributed by atoms with Crippen LogP contribution < -0.4 is 10.6 Å². The van der Waals surface area contributed by atoms with Crippen molar-refractivity contribution in [2.75, 3.05) is 20.2 Å². The fourth-order valence-electron chi connectivity index (χ4n) is 2.11. The molecule has 1 amide bonds. The highest BCUT2D eigenvalue weighted by molar-refractivity contribution is 5.81. The number of amides is 1. The number of carbonyl (C=O) groups excluding carboxylic acids is 2. The molecule has 0 aromatic carbocycles. The molecule has 1 heterocycles. The van der Waals surface area contributed by atoms with Crippen LogP contribution in [0.3, 0.4) is 0 Å². The van der Waals surface area contributed by atoms with Crippen molar-refractivity contribution >= 4 is 12.1 Å². The van der Waals surface area contributed by atoms with Gasteiger partial charge in [-0.15, -0.1) is 0 Å². The van der Waals surface area contributed by atoms with E-state index in [9.17, 15) is 9.59 Å². The van der Waals surface area contributed by atoms with Crippen molar-refractivity contribution in [2.45, 2.75) is 45.3 Å². The van der Waals surface area contributed by atoms with E-state index in [0.717, 1.165) is 25.9 Å². The Kier molecular flexibility index (Phi) is 5.60. The van der Waals surface area contributed by atoms with Gasteiger partial charge < -0.3 is 20.1 Å². The van der Waals surface area contributed by atoms with E-state index in [0.29, 0.717) is 0 Å². The second-order valence-electron chi connectivity index (χ2n) is 5.73. The summed E-state index contributed by atoms with van der Waals surface area (Å²) in [7, 11) is 1.33. The number of carbonyl (C=O) groups is 2. The first-order valence-electron chi connectivity index (χ1n) is 6.61. The molecule has 1 aliphatic rings. The molecule has 0 aliphatic carbocycles. The average molecular weight is 272 g/mol. The zero-order chi connectivity index (χ0) is 14.5. The molecule has 1 fully saturated rings. The number of rotatable bonds is 3. The smallest absolute Gasteiger partial charge is 0.408 e. The molecule has 1 aliphatic heterocycles. The molecule has 0 saturated carbocycles. The number of esters is 1. The van der Waals surface area contributed by atoms with Gasteiger partial charge in [0.05, 0.1) is 7.11 Å². The number of ether oxygens (including phenoxy) is 2. The number of methoxy groups -OCH3 is 1. The molecule has 0 spiro atoms. The Labute approximate surface area is 114 Å². The predicted octanol–water partition coefficient (Wildman–Crippen LogP) is 1.05. The molecule has 0 unspecified atom stereocenters. The van der Waals surface area contributed by atoms with E-state index >= 15 is 0 Å². The van der Waals surface area contributed by atoms with Crippen LogP contribution in [0.2, 0.25) is 0 Å². The third kappa shape index (κ3) is 5.46. The van der Waals surface area contributed by atoms with Crippen LogP contribution in [0.1, 0.15) is 33.6 Å². The molecule has 1 saturated heterocycles. The highest BCUT2D eigenvalue weighted by atomic mass is 16.6.